The Morgan fingerprint density at radius 3 is 2.15 bits per heavy atom. The summed E-state index contributed by atoms with van der Waals surface area (Å²) in [7, 11) is 0. The van der Waals surface area contributed by atoms with Gasteiger partial charge in [-0.05, 0) is 48.4 Å². The summed E-state index contributed by atoms with van der Waals surface area (Å²) >= 11 is 9.44. The number of nitrogens with zero attached hydrogens (tertiary/aromatic N) is 3. The Morgan fingerprint density at radius 1 is 0.852 bits per heavy atom. The zero-order valence-electron chi connectivity index (χ0n) is 14.4. The highest BCUT2D eigenvalue weighted by Crippen LogP contribution is 2.49. The lowest BCUT2D eigenvalue weighted by atomic mass is 9.90. The maximum absolute atomic E-state index is 13.4. The predicted octanol–water partition coefficient (Wildman–Crippen LogP) is 3.64. The van der Waals surface area contributed by atoms with Crippen molar-refractivity contribution >= 4 is 45.0 Å². The minimum absolute atomic E-state index is 0.112. The average Bonchev–Trinajstić information content (AvgIpc) is 3.30. The van der Waals surface area contributed by atoms with Gasteiger partial charge in [0.05, 0.1) is 17.6 Å². The molecule has 7 heteroatoms. The first-order valence-corrected chi connectivity index (χ1v) is 10.2. The smallest absolute Gasteiger partial charge is 0.253 e. The van der Waals surface area contributed by atoms with Crippen molar-refractivity contribution in [3.8, 4) is 0 Å². The highest BCUT2D eigenvalue weighted by molar-refractivity contribution is 9.10. The second-order valence-corrected chi connectivity index (χ2v) is 8.49. The van der Waals surface area contributed by atoms with Crippen LogP contribution in [0.1, 0.15) is 18.0 Å². The van der Waals surface area contributed by atoms with E-state index in [0.717, 1.165) is 29.5 Å². The van der Waals surface area contributed by atoms with Crippen molar-refractivity contribution in [3.63, 3.8) is 0 Å². The molecule has 3 aliphatic rings. The van der Waals surface area contributed by atoms with E-state index in [4.69, 9.17) is 11.6 Å². The Labute approximate surface area is 170 Å². The molecule has 5 rings (SSSR count). The second kappa shape index (κ2) is 6.41. The largest absolute Gasteiger partial charge is 0.274 e. The first-order chi connectivity index (χ1) is 13.1. The van der Waals surface area contributed by atoms with E-state index in [2.05, 4.69) is 25.9 Å². The summed E-state index contributed by atoms with van der Waals surface area (Å²) in [5.41, 5.74) is 1.65. The molecule has 0 radical (unpaired) electrons. The number of carbonyl (C=O) groups excluding carboxylic acids is 2. The normalized spacial score (nSPS) is 28.1. The molecule has 3 atom stereocenters. The van der Waals surface area contributed by atoms with Gasteiger partial charge in [-0.15, -0.1) is 0 Å². The lowest BCUT2D eigenvalue weighted by Gasteiger charge is -2.29. The third-order valence-electron chi connectivity index (χ3n) is 5.70. The summed E-state index contributed by atoms with van der Waals surface area (Å²) in [4.78, 5) is 28.0. The quantitative estimate of drug-likeness (QED) is 0.661. The van der Waals surface area contributed by atoms with Gasteiger partial charge in [0.15, 0.2) is 0 Å². The number of amides is 2. The number of benzene rings is 2. The van der Waals surface area contributed by atoms with Crippen LogP contribution in [0.4, 0.5) is 5.69 Å². The number of fused-ring (bicyclic) bond motifs is 3. The van der Waals surface area contributed by atoms with Crippen molar-refractivity contribution < 1.29 is 9.59 Å². The lowest BCUT2D eigenvalue weighted by Crippen LogP contribution is -2.44. The van der Waals surface area contributed by atoms with E-state index in [-0.39, 0.29) is 17.9 Å². The topological polar surface area (TPSA) is 43.9 Å². The summed E-state index contributed by atoms with van der Waals surface area (Å²) in [5.74, 6) is -0.664. The maximum Gasteiger partial charge on any atom is 0.253 e. The number of halogens is 2. The van der Waals surface area contributed by atoms with Crippen LogP contribution in [-0.2, 0) is 9.59 Å². The molecule has 2 aromatic carbocycles. The monoisotopic (exact) mass is 445 g/mol. The standard InChI is InChI=1S/C20H17BrClN3O2/c21-13-4-2-12(3-5-13)17-16-18(24-11-1-10-23(17)24)20(27)25(19(16)26)15-8-6-14(22)7-9-15/h2-9,16-18H,1,10-11H2/t16-,17+,18+/m1/s1. The van der Waals surface area contributed by atoms with Gasteiger partial charge in [-0.1, -0.05) is 39.7 Å². The first-order valence-electron chi connectivity index (χ1n) is 8.98. The van der Waals surface area contributed by atoms with Gasteiger partial charge >= 0.3 is 0 Å². The van der Waals surface area contributed by atoms with E-state index in [1.807, 2.05) is 24.3 Å². The van der Waals surface area contributed by atoms with E-state index < -0.39 is 12.0 Å². The van der Waals surface area contributed by atoms with Gasteiger partial charge in [-0.2, -0.15) is 0 Å². The van der Waals surface area contributed by atoms with Gasteiger partial charge in [0.1, 0.15) is 6.04 Å². The van der Waals surface area contributed by atoms with Crippen LogP contribution in [0, 0.1) is 5.92 Å². The zero-order valence-corrected chi connectivity index (χ0v) is 16.7. The highest BCUT2D eigenvalue weighted by atomic mass is 79.9. The van der Waals surface area contributed by atoms with Crippen molar-refractivity contribution in [2.45, 2.75) is 18.5 Å². The molecule has 3 heterocycles. The van der Waals surface area contributed by atoms with Crippen molar-refractivity contribution in [1.29, 1.82) is 0 Å². The lowest BCUT2D eigenvalue weighted by molar-refractivity contribution is -0.126. The van der Waals surface area contributed by atoms with Crippen LogP contribution in [0.25, 0.3) is 0 Å². The minimum atomic E-state index is -0.427. The predicted molar refractivity (Wildman–Crippen MR) is 106 cm³/mol. The number of hydrogen-bond acceptors (Lipinski definition) is 4. The molecule has 3 aliphatic heterocycles. The maximum atomic E-state index is 13.4. The molecule has 0 unspecified atom stereocenters. The van der Waals surface area contributed by atoms with Crippen LogP contribution in [0.2, 0.25) is 5.02 Å². The van der Waals surface area contributed by atoms with Gasteiger partial charge in [0.2, 0.25) is 5.91 Å². The van der Waals surface area contributed by atoms with Crippen molar-refractivity contribution in [1.82, 2.24) is 10.0 Å². The molecular formula is C20H17BrClN3O2. The molecule has 3 fully saturated rings. The number of rotatable bonds is 2. The molecule has 0 N–H and O–H groups in total. The van der Waals surface area contributed by atoms with E-state index >= 15 is 0 Å². The molecule has 0 saturated carbocycles. The van der Waals surface area contributed by atoms with Gasteiger partial charge in [-0.25, -0.2) is 14.9 Å². The Morgan fingerprint density at radius 2 is 1.48 bits per heavy atom. The fraction of sp³-hybridized carbons (Fsp3) is 0.300. The Hall–Kier alpha value is -1.73. The Bertz CT molecular complexity index is 918. The van der Waals surface area contributed by atoms with Crippen LogP contribution in [0.5, 0.6) is 0 Å². The molecule has 0 aromatic heterocycles. The van der Waals surface area contributed by atoms with E-state index in [1.54, 1.807) is 24.3 Å². The second-order valence-electron chi connectivity index (χ2n) is 7.14. The van der Waals surface area contributed by atoms with Crippen LogP contribution >= 0.6 is 27.5 Å². The molecule has 0 bridgehead atoms. The first kappa shape index (κ1) is 17.4. The van der Waals surface area contributed by atoms with Crippen LogP contribution < -0.4 is 4.90 Å². The third kappa shape index (κ3) is 2.58. The summed E-state index contributed by atoms with van der Waals surface area (Å²) in [5, 5.41) is 4.90. The summed E-state index contributed by atoms with van der Waals surface area (Å²) in [6, 6.07) is 14.4. The SMILES string of the molecule is O=C1[C@H]2[C@@H](C(=O)N1c1ccc(Cl)cc1)N1CCCN1[C@H]2c1ccc(Br)cc1. The number of imide groups is 1. The van der Waals surface area contributed by atoms with Crippen molar-refractivity contribution in [2.75, 3.05) is 18.0 Å². The summed E-state index contributed by atoms with van der Waals surface area (Å²) < 4.78 is 0.996. The fourth-order valence-corrected chi connectivity index (χ4v) is 5.01. The van der Waals surface area contributed by atoms with Crippen LogP contribution in [0.3, 0.4) is 0 Å². The Balaban J connectivity index is 1.57. The van der Waals surface area contributed by atoms with E-state index in [9.17, 15) is 9.59 Å². The highest BCUT2D eigenvalue weighted by Gasteiger charge is 2.62. The van der Waals surface area contributed by atoms with Crippen molar-refractivity contribution in [3.05, 3.63) is 63.6 Å². The zero-order chi connectivity index (χ0) is 18.7. The fourth-order valence-electron chi connectivity index (χ4n) is 4.62. The number of hydrazine groups is 1. The molecule has 2 aromatic rings. The number of anilines is 1. The molecular weight excluding hydrogens is 430 g/mol. The molecule has 0 spiro atoms. The molecule has 2 amide bonds. The molecule has 5 nitrogen and oxygen atoms in total. The molecule has 138 valence electrons. The average molecular weight is 447 g/mol. The van der Waals surface area contributed by atoms with Crippen molar-refractivity contribution in [2.24, 2.45) is 5.92 Å². The van der Waals surface area contributed by atoms with Gasteiger partial charge in [0.25, 0.3) is 5.91 Å². The minimum Gasteiger partial charge on any atom is -0.274 e. The summed E-state index contributed by atoms with van der Waals surface area (Å²) in [6.07, 6.45) is 0.999. The molecule has 3 saturated heterocycles. The molecule has 27 heavy (non-hydrogen) atoms. The third-order valence-corrected chi connectivity index (χ3v) is 6.48. The summed E-state index contributed by atoms with van der Waals surface area (Å²) in [6.45, 7) is 1.68. The van der Waals surface area contributed by atoms with E-state index in [0.29, 0.717) is 10.7 Å². The van der Waals surface area contributed by atoms with Crippen LogP contribution in [0.15, 0.2) is 53.0 Å². The van der Waals surface area contributed by atoms with Gasteiger partial charge in [-0.3, -0.25) is 9.59 Å². The van der Waals surface area contributed by atoms with E-state index in [1.165, 1.54) is 4.90 Å². The van der Waals surface area contributed by atoms with Gasteiger partial charge in [0, 0.05) is 22.6 Å². The van der Waals surface area contributed by atoms with Crippen LogP contribution in [-0.4, -0.2) is 41.0 Å². The number of hydrogen-bond donors (Lipinski definition) is 0. The molecule has 0 aliphatic carbocycles. The Kier molecular flexibility index (Phi) is 4.13. The number of carbonyl (C=O) groups is 2. The van der Waals surface area contributed by atoms with Gasteiger partial charge < -0.3 is 0 Å².